The largest absolute Gasteiger partial charge is 0.494 e. The topological polar surface area (TPSA) is 91.8 Å². The fraction of sp³-hybridized carbons (Fsp3) is 0.375. The van der Waals surface area contributed by atoms with Crippen LogP contribution in [0.2, 0.25) is 5.15 Å². The number of halogens is 1. The molecule has 2 rings (SSSR count). The van der Waals surface area contributed by atoms with Gasteiger partial charge in [-0.1, -0.05) is 22.9 Å². The molecule has 0 fully saturated rings. The molecular formula is C16H21ClN4O4S2. The van der Waals surface area contributed by atoms with Crippen molar-refractivity contribution in [2.75, 3.05) is 37.5 Å². The van der Waals surface area contributed by atoms with Crippen molar-refractivity contribution in [2.24, 2.45) is 0 Å². The van der Waals surface area contributed by atoms with Crippen LogP contribution in [0.25, 0.3) is 0 Å². The van der Waals surface area contributed by atoms with Gasteiger partial charge in [0.25, 0.3) is 10.0 Å². The summed E-state index contributed by atoms with van der Waals surface area (Å²) in [6.07, 6.45) is 0. The van der Waals surface area contributed by atoms with Crippen molar-refractivity contribution in [1.82, 2.24) is 9.29 Å². The number of carbonyl (C=O) groups is 1. The van der Waals surface area contributed by atoms with Crippen molar-refractivity contribution < 1.29 is 17.9 Å². The maximum atomic E-state index is 12.6. The summed E-state index contributed by atoms with van der Waals surface area (Å²) in [5.41, 5.74) is 0.575. The molecule has 148 valence electrons. The first-order chi connectivity index (χ1) is 12.7. The molecule has 1 N–H and O–H groups in total. The molecule has 0 unspecified atom stereocenters. The van der Waals surface area contributed by atoms with Crippen LogP contribution in [0, 0.1) is 0 Å². The van der Waals surface area contributed by atoms with Crippen LogP contribution in [-0.4, -0.2) is 51.0 Å². The summed E-state index contributed by atoms with van der Waals surface area (Å²) in [6, 6.07) is 6.48. The van der Waals surface area contributed by atoms with E-state index >= 15 is 0 Å². The third-order valence-electron chi connectivity index (χ3n) is 3.47. The minimum absolute atomic E-state index is 0.100. The molecule has 27 heavy (non-hydrogen) atoms. The van der Waals surface area contributed by atoms with E-state index in [0.717, 1.165) is 15.6 Å². The standard InChI is InChI=1S/C16H21ClN4O4S2/c1-5-21(15(22)18-11-7-9-12(10-8-11)25-6-2)16-19-13(17)14(26-16)27(23,24)20(3)4/h7-10H,5-6H2,1-4H3,(H,18,22). The number of nitrogens with one attached hydrogen (secondary N) is 1. The van der Waals surface area contributed by atoms with Crippen molar-refractivity contribution >= 4 is 49.8 Å². The minimum Gasteiger partial charge on any atom is -0.494 e. The first kappa shape index (κ1) is 21.4. The second-order valence-corrected chi connectivity index (χ2v) is 9.18. The molecule has 0 aliphatic carbocycles. The Morgan fingerprint density at radius 2 is 1.89 bits per heavy atom. The molecular weight excluding hydrogens is 412 g/mol. The van der Waals surface area contributed by atoms with Gasteiger partial charge < -0.3 is 10.1 Å². The van der Waals surface area contributed by atoms with Crippen LogP contribution in [-0.2, 0) is 10.0 Å². The molecule has 0 spiro atoms. The van der Waals surface area contributed by atoms with Crippen molar-refractivity contribution in [3.8, 4) is 5.75 Å². The number of sulfonamides is 1. The zero-order chi connectivity index (χ0) is 20.2. The van der Waals surface area contributed by atoms with Gasteiger partial charge in [-0.05, 0) is 38.1 Å². The number of rotatable bonds is 7. The van der Waals surface area contributed by atoms with Crippen LogP contribution in [0.1, 0.15) is 13.8 Å². The average molecular weight is 433 g/mol. The number of anilines is 2. The Morgan fingerprint density at radius 3 is 2.41 bits per heavy atom. The van der Waals surface area contributed by atoms with Crippen LogP contribution < -0.4 is 15.0 Å². The zero-order valence-electron chi connectivity index (χ0n) is 15.4. The third kappa shape index (κ3) is 4.89. The molecule has 2 aromatic rings. The van der Waals surface area contributed by atoms with Crippen LogP contribution in [0.3, 0.4) is 0 Å². The molecule has 0 saturated heterocycles. The number of hydrogen-bond acceptors (Lipinski definition) is 6. The van der Waals surface area contributed by atoms with Crippen LogP contribution in [0.15, 0.2) is 28.5 Å². The highest BCUT2D eigenvalue weighted by Gasteiger charge is 2.28. The lowest BCUT2D eigenvalue weighted by molar-refractivity contribution is 0.257. The number of aromatic nitrogens is 1. The van der Waals surface area contributed by atoms with Gasteiger partial charge >= 0.3 is 6.03 Å². The lowest BCUT2D eigenvalue weighted by Gasteiger charge is -2.18. The van der Waals surface area contributed by atoms with Crippen molar-refractivity contribution in [3.05, 3.63) is 29.4 Å². The predicted octanol–water partition coefficient (Wildman–Crippen LogP) is 3.50. The van der Waals surface area contributed by atoms with Crippen molar-refractivity contribution in [1.29, 1.82) is 0 Å². The first-order valence-corrected chi connectivity index (χ1v) is 10.7. The molecule has 8 nitrogen and oxygen atoms in total. The average Bonchev–Trinajstić information content (AvgIpc) is 2.99. The van der Waals surface area contributed by atoms with E-state index in [1.54, 1.807) is 31.2 Å². The molecule has 2 amide bonds. The molecule has 0 bridgehead atoms. The summed E-state index contributed by atoms with van der Waals surface area (Å²) < 4.78 is 30.9. The van der Waals surface area contributed by atoms with E-state index < -0.39 is 16.1 Å². The Kier molecular flexibility index (Phi) is 7.04. The molecule has 11 heteroatoms. The Bertz CT molecular complexity index is 898. The molecule has 0 saturated carbocycles. The summed E-state index contributed by atoms with van der Waals surface area (Å²) in [5, 5.41) is 2.79. The Morgan fingerprint density at radius 1 is 1.26 bits per heavy atom. The number of thiazole rings is 1. The smallest absolute Gasteiger partial charge is 0.328 e. The SMILES string of the molecule is CCOc1ccc(NC(=O)N(CC)c2nc(Cl)c(S(=O)(=O)N(C)C)s2)cc1. The van der Waals surface area contributed by atoms with E-state index in [1.807, 2.05) is 6.92 Å². The van der Waals surface area contributed by atoms with E-state index in [-0.39, 0.29) is 21.0 Å². The molecule has 0 aliphatic heterocycles. The number of ether oxygens (including phenoxy) is 1. The fourth-order valence-corrected chi connectivity index (χ4v) is 5.05. The summed E-state index contributed by atoms with van der Waals surface area (Å²) in [4.78, 5) is 18.0. The summed E-state index contributed by atoms with van der Waals surface area (Å²) in [6.45, 7) is 4.48. The maximum Gasteiger partial charge on any atom is 0.328 e. The highest BCUT2D eigenvalue weighted by Crippen LogP contribution is 2.34. The normalized spacial score (nSPS) is 11.5. The molecule has 1 aromatic heterocycles. The first-order valence-electron chi connectivity index (χ1n) is 8.10. The van der Waals surface area contributed by atoms with Crippen molar-refractivity contribution in [2.45, 2.75) is 18.1 Å². The monoisotopic (exact) mass is 432 g/mol. The minimum atomic E-state index is -3.74. The Balaban J connectivity index is 2.22. The maximum absolute atomic E-state index is 12.6. The molecule has 0 atom stereocenters. The van der Waals surface area contributed by atoms with E-state index in [4.69, 9.17) is 16.3 Å². The molecule has 0 radical (unpaired) electrons. The summed E-state index contributed by atoms with van der Waals surface area (Å²) in [5.74, 6) is 0.702. The van der Waals surface area contributed by atoms with Gasteiger partial charge in [-0.25, -0.2) is 22.5 Å². The third-order valence-corrected chi connectivity index (χ3v) is 7.35. The fourth-order valence-electron chi connectivity index (χ4n) is 2.08. The highest BCUT2D eigenvalue weighted by atomic mass is 35.5. The van der Waals surface area contributed by atoms with Gasteiger partial charge in [-0.2, -0.15) is 0 Å². The van der Waals surface area contributed by atoms with Gasteiger partial charge in [-0.3, -0.25) is 4.90 Å². The second-order valence-electron chi connectivity index (χ2n) is 5.49. The number of urea groups is 1. The lowest BCUT2D eigenvalue weighted by Crippen LogP contribution is -2.34. The molecule has 1 heterocycles. The van der Waals surface area contributed by atoms with Gasteiger partial charge in [-0.15, -0.1) is 0 Å². The van der Waals surface area contributed by atoms with Gasteiger partial charge in [0.15, 0.2) is 14.5 Å². The summed E-state index contributed by atoms with van der Waals surface area (Å²) >= 11 is 6.86. The summed E-state index contributed by atoms with van der Waals surface area (Å²) in [7, 11) is -0.930. The van der Waals surface area contributed by atoms with Crippen LogP contribution in [0.5, 0.6) is 5.75 Å². The Labute approximate surface area is 167 Å². The number of hydrogen-bond donors (Lipinski definition) is 1. The van der Waals surface area contributed by atoms with E-state index in [9.17, 15) is 13.2 Å². The van der Waals surface area contributed by atoms with Crippen LogP contribution >= 0.6 is 22.9 Å². The highest BCUT2D eigenvalue weighted by molar-refractivity contribution is 7.91. The van der Waals surface area contributed by atoms with E-state index in [1.165, 1.54) is 19.0 Å². The van der Waals surface area contributed by atoms with E-state index in [2.05, 4.69) is 10.3 Å². The number of nitrogens with zero attached hydrogens (tertiary/aromatic N) is 3. The van der Waals surface area contributed by atoms with Gasteiger partial charge in [0.2, 0.25) is 0 Å². The van der Waals surface area contributed by atoms with Gasteiger partial charge in [0, 0.05) is 26.3 Å². The van der Waals surface area contributed by atoms with Crippen molar-refractivity contribution in [3.63, 3.8) is 0 Å². The van der Waals surface area contributed by atoms with Gasteiger partial charge in [0.1, 0.15) is 5.75 Å². The Hall–Kier alpha value is -1.88. The quantitative estimate of drug-likeness (QED) is 0.722. The van der Waals surface area contributed by atoms with E-state index in [0.29, 0.717) is 18.0 Å². The lowest BCUT2D eigenvalue weighted by atomic mass is 10.3. The molecule has 0 aliphatic rings. The van der Waals surface area contributed by atoms with Crippen LogP contribution in [0.4, 0.5) is 15.6 Å². The predicted molar refractivity (Wildman–Crippen MR) is 108 cm³/mol. The number of benzene rings is 1. The second kappa shape index (κ2) is 8.87. The zero-order valence-corrected chi connectivity index (χ0v) is 17.8. The number of carbonyl (C=O) groups excluding carboxylic acids is 1. The molecule has 1 aromatic carbocycles. The van der Waals surface area contributed by atoms with Gasteiger partial charge in [0.05, 0.1) is 6.61 Å². The number of amides is 2.